The summed E-state index contributed by atoms with van der Waals surface area (Å²) >= 11 is 0. The Bertz CT molecular complexity index is 422. The summed E-state index contributed by atoms with van der Waals surface area (Å²) in [5.41, 5.74) is 10.0. The molecule has 2 atom stereocenters. The van der Waals surface area contributed by atoms with Gasteiger partial charge in [0.1, 0.15) is 0 Å². The standard InChI is InChI=1S/C13H21N3O/c1-8(15-16-11(14)17)9-7-13(4)6-5-10(9)12(13,2)3/h7,10H,5-6H2,1-4H3,(H3,14,16,17)/b15-8-/t10-,13+/m1/s1. The van der Waals surface area contributed by atoms with Crippen molar-refractivity contribution in [3.8, 4) is 0 Å². The normalized spacial score (nSPS) is 34.7. The largest absolute Gasteiger partial charge is 0.350 e. The van der Waals surface area contributed by atoms with Gasteiger partial charge in [-0.05, 0) is 42.1 Å². The van der Waals surface area contributed by atoms with Crippen molar-refractivity contribution < 1.29 is 4.79 Å². The molecule has 0 unspecified atom stereocenters. The molecule has 4 nitrogen and oxygen atoms in total. The van der Waals surface area contributed by atoms with Crippen molar-refractivity contribution in [2.45, 2.75) is 40.5 Å². The van der Waals surface area contributed by atoms with Crippen LogP contribution < -0.4 is 11.2 Å². The molecule has 0 aliphatic heterocycles. The number of hydrogen-bond donors (Lipinski definition) is 2. The average Bonchev–Trinajstić information content (AvgIpc) is 2.57. The fraction of sp³-hybridized carbons (Fsp3) is 0.692. The molecule has 1 fully saturated rings. The van der Waals surface area contributed by atoms with E-state index in [1.54, 1.807) is 0 Å². The summed E-state index contributed by atoms with van der Waals surface area (Å²) in [5, 5.41) is 4.04. The summed E-state index contributed by atoms with van der Waals surface area (Å²) in [6.07, 6.45) is 4.78. The van der Waals surface area contributed by atoms with Crippen LogP contribution in [0.25, 0.3) is 0 Å². The van der Waals surface area contributed by atoms with Gasteiger partial charge in [0.25, 0.3) is 0 Å². The van der Waals surface area contributed by atoms with Gasteiger partial charge in [-0.15, -0.1) is 0 Å². The number of amides is 2. The fourth-order valence-corrected chi connectivity index (χ4v) is 3.33. The molecule has 94 valence electrons. The number of nitrogens with zero attached hydrogens (tertiary/aromatic N) is 1. The summed E-state index contributed by atoms with van der Waals surface area (Å²) in [6, 6.07) is -0.612. The van der Waals surface area contributed by atoms with Gasteiger partial charge < -0.3 is 5.73 Å². The Kier molecular flexibility index (Phi) is 2.56. The van der Waals surface area contributed by atoms with Gasteiger partial charge in [-0.1, -0.05) is 26.8 Å². The Hall–Kier alpha value is -1.32. The second kappa shape index (κ2) is 3.59. The van der Waals surface area contributed by atoms with E-state index in [4.69, 9.17) is 5.73 Å². The Morgan fingerprint density at radius 2 is 2.18 bits per heavy atom. The topological polar surface area (TPSA) is 67.5 Å². The monoisotopic (exact) mass is 235 g/mol. The molecule has 0 saturated heterocycles. The highest BCUT2D eigenvalue weighted by Crippen LogP contribution is 2.64. The van der Waals surface area contributed by atoms with E-state index in [9.17, 15) is 4.79 Å². The molecule has 2 bridgehead atoms. The smallest absolute Gasteiger partial charge is 0.332 e. The van der Waals surface area contributed by atoms with E-state index in [1.807, 2.05) is 6.92 Å². The Morgan fingerprint density at radius 1 is 1.53 bits per heavy atom. The van der Waals surface area contributed by atoms with E-state index >= 15 is 0 Å². The summed E-state index contributed by atoms with van der Waals surface area (Å²) in [4.78, 5) is 10.7. The molecule has 0 aromatic carbocycles. The van der Waals surface area contributed by atoms with E-state index in [2.05, 4.69) is 37.4 Å². The van der Waals surface area contributed by atoms with Crippen molar-refractivity contribution in [2.24, 2.45) is 27.6 Å². The zero-order chi connectivity index (χ0) is 12.8. The SMILES string of the molecule is C/C(=N/NC(N)=O)C1=C[C@]2(C)CC[C@H]1C2(C)C. The van der Waals surface area contributed by atoms with E-state index in [0.29, 0.717) is 5.92 Å². The van der Waals surface area contributed by atoms with E-state index in [0.717, 1.165) is 5.71 Å². The van der Waals surface area contributed by atoms with E-state index < -0.39 is 6.03 Å². The Morgan fingerprint density at radius 3 is 2.59 bits per heavy atom. The second-order valence-corrected chi connectivity index (χ2v) is 6.00. The number of rotatable bonds is 2. The van der Waals surface area contributed by atoms with Crippen LogP contribution in [0.15, 0.2) is 16.8 Å². The van der Waals surface area contributed by atoms with Gasteiger partial charge in [0, 0.05) is 0 Å². The minimum absolute atomic E-state index is 0.260. The lowest BCUT2D eigenvalue weighted by Crippen LogP contribution is -2.28. The number of primary amides is 1. The van der Waals surface area contributed by atoms with E-state index in [-0.39, 0.29) is 10.8 Å². The minimum atomic E-state index is -0.612. The minimum Gasteiger partial charge on any atom is -0.350 e. The first kappa shape index (κ1) is 12.1. The van der Waals surface area contributed by atoms with Crippen molar-refractivity contribution in [3.05, 3.63) is 11.6 Å². The second-order valence-electron chi connectivity index (χ2n) is 6.00. The quantitative estimate of drug-likeness (QED) is 0.560. The van der Waals surface area contributed by atoms with Crippen molar-refractivity contribution in [3.63, 3.8) is 0 Å². The fourth-order valence-electron chi connectivity index (χ4n) is 3.33. The van der Waals surface area contributed by atoms with Crippen LogP contribution in [-0.4, -0.2) is 11.7 Å². The van der Waals surface area contributed by atoms with Crippen molar-refractivity contribution in [1.29, 1.82) is 0 Å². The molecule has 3 N–H and O–H groups in total. The molecular weight excluding hydrogens is 214 g/mol. The average molecular weight is 235 g/mol. The van der Waals surface area contributed by atoms with Gasteiger partial charge in [-0.3, -0.25) is 0 Å². The van der Waals surface area contributed by atoms with Crippen LogP contribution in [0.5, 0.6) is 0 Å². The van der Waals surface area contributed by atoms with Crippen LogP contribution in [0.2, 0.25) is 0 Å². The zero-order valence-corrected chi connectivity index (χ0v) is 11.0. The summed E-state index contributed by atoms with van der Waals surface area (Å²) < 4.78 is 0. The first-order valence-electron chi connectivity index (χ1n) is 6.11. The Labute approximate surface area is 102 Å². The molecule has 0 radical (unpaired) electrons. The summed E-state index contributed by atoms with van der Waals surface area (Å²) in [5.74, 6) is 0.547. The lowest BCUT2D eigenvalue weighted by Gasteiger charge is -2.34. The molecule has 0 aromatic rings. The molecule has 17 heavy (non-hydrogen) atoms. The number of carbonyl (C=O) groups excluding carboxylic acids is 1. The van der Waals surface area contributed by atoms with Crippen molar-refractivity contribution >= 4 is 11.7 Å². The first-order valence-corrected chi connectivity index (χ1v) is 6.11. The molecule has 0 heterocycles. The third-order valence-corrected chi connectivity index (χ3v) is 4.90. The lowest BCUT2D eigenvalue weighted by molar-refractivity contribution is 0.181. The maximum atomic E-state index is 10.7. The summed E-state index contributed by atoms with van der Waals surface area (Å²) in [7, 11) is 0. The van der Waals surface area contributed by atoms with Gasteiger partial charge >= 0.3 is 6.03 Å². The molecule has 0 spiro atoms. The highest BCUT2D eigenvalue weighted by molar-refractivity contribution is 6.00. The first-order chi connectivity index (χ1) is 7.78. The molecule has 4 heteroatoms. The highest BCUT2D eigenvalue weighted by Gasteiger charge is 2.56. The van der Waals surface area contributed by atoms with E-state index in [1.165, 1.54) is 18.4 Å². The van der Waals surface area contributed by atoms with Gasteiger partial charge in [-0.2, -0.15) is 5.10 Å². The van der Waals surface area contributed by atoms with Gasteiger partial charge in [-0.25, -0.2) is 10.2 Å². The maximum Gasteiger partial charge on any atom is 0.332 e. The van der Waals surface area contributed by atoms with Gasteiger partial charge in [0.2, 0.25) is 0 Å². The lowest BCUT2D eigenvalue weighted by atomic mass is 9.70. The maximum absolute atomic E-state index is 10.7. The van der Waals surface area contributed by atoms with Crippen LogP contribution >= 0.6 is 0 Å². The highest BCUT2D eigenvalue weighted by atomic mass is 16.2. The zero-order valence-electron chi connectivity index (χ0n) is 11.0. The molecule has 2 aliphatic carbocycles. The number of carbonyl (C=O) groups is 1. The Balaban J connectivity index is 2.26. The molecule has 1 saturated carbocycles. The number of nitrogens with two attached hydrogens (primary N) is 1. The molecule has 2 rings (SSSR count). The molecule has 0 aromatic heterocycles. The van der Waals surface area contributed by atoms with Crippen LogP contribution in [0.3, 0.4) is 0 Å². The van der Waals surface area contributed by atoms with Crippen LogP contribution in [0, 0.1) is 16.7 Å². The predicted molar refractivity (Wildman–Crippen MR) is 68.5 cm³/mol. The number of allylic oxidation sites excluding steroid dienone is 2. The predicted octanol–water partition coefficient (Wildman–Crippen LogP) is 2.41. The number of fused-ring (bicyclic) bond motifs is 2. The van der Waals surface area contributed by atoms with Crippen LogP contribution in [-0.2, 0) is 0 Å². The van der Waals surface area contributed by atoms with Gasteiger partial charge in [0.05, 0.1) is 5.71 Å². The molecular formula is C13H21N3O. The van der Waals surface area contributed by atoms with Gasteiger partial charge in [0.15, 0.2) is 0 Å². The number of hydrazone groups is 1. The summed E-state index contributed by atoms with van der Waals surface area (Å²) in [6.45, 7) is 8.89. The number of hydrogen-bond acceptors (Lipinski definition) is 2. The molecule has 2 amide bonds. The van der Waals surface area contributed by atoms with Crippen LogP contribution in [0.4, 0.5) is 4.79 Å². The molecule has 2 aliphatic rings. The number of urea groups is 1. The third kappa shape index (κ3) is 1.66. The number of nitrogens with one attached hydrogen (secondary N) is 1. The van der Waals surface area contributed by atoms with Crippen molar-refractivity contribution in [2.75, 3.05) is 0 Å². The van der Waals surface area contributed by atoms with Crippen LogP contribution in [0.1, 0.15) is 40.5 Å². The third-order valence-electron chi connectivity index (χ3n) is 4.90. The van der Waals surface area contributed by atoms with Crippen molar-refractivity contribution in [1.82, 2.24) is 5.43 Å².